The molecule has 5 nitrogen and oxygen atoms in total. The Morgan fingerprint density at radius 2 is 1.50 bits per heavy atom. The zero-order valence-electron chi connectivity index (χ0n) is 13.8. The van der Waals surface area contributed by atoms with Crippen LogP contribution in [0.3, 0.4) is 0 Å². The summed E-state index contributed by atoms with van der Waals surface area (Å²) in [5.74, 6) is -1.56. The van der Waals surface area contributed by atoms with Crippen LogP contribution in [-0.2, 0) is 14.4 Å². The van der Waals surface area contributed by atoms with Gasteiger partial charge in [-0.25, -0.2) is 0 Å². The third kappa shape index (κ3) is 11.1. The maximum Gasteiger partial charge on any atom is 0.306 e. The van der Waals surface area contributed by atoms with Gasteiger partial charge in [-0.2, -0.15) is 0 Å². The van der Waals surface area contributed by atoms with Crippen LogP contribution >= 0.6 is 0 Å². The molecule has 0 heterocycles. The molecule has 126 valence electrons. The molecule has 0 aliphatic carbocycles. The average Bonchev–Trinajstić information content (AvgIpc) is 2.44. The molecule has 0 aromatic carbocycles. The zero-order valence-corrected chi connectivity index (χ0v) is 13.8. The number of rotatable bonds is 13. The van der Waals surface area contributed by atoms with Crippen LogP contribution in [0, 0.1) is 5.92 Å². The van der Waals surface area contributed by atoms with Crippen molar-refractivity contribution < 1.29 is 19.5 Å². The molecule has 0 rings (SSSR count). The molecule has 3 N–H and O–H groups in total. The summed E-state index contributed by atoms with van der Waals surface area (Å²) in [7, 11) is 0. The lowest BCUT2D eigenvalue weighted by molar-refractivity contribution is -0.141. The van der Waals surface area contributed by atoms with Crippen molar-refractivity contribution in [3.05, 3.63) is 11.6 Å². The van der Waals surface area contributed by atoms with Crippen molar-refractivity contribution in [3.63, 3.8) is 0 Å². The number of hydrogen-bond donors (Lipinski definition) is 2. The Labute approximate surface area is 133 Å². The Morgan fingerprint density at radius 1 is 1.00 bits per heavy atom. The van der Waals surface area contributed by atoms with Crippen molar-refractivity contribution in [1.29, 1.82) is 0 Å². The fourth-order valence-corrected chi connectivity index (χ4v) is 2.14. The first-order valence-electron chi connectivity index (χ1n) is 8.08. The number of primary amides is 1. The molecule has 0 fully saturated rings. The van der Waals surface area contributed by atoms with Gasteiger partial charge in [0.15, 0.2) is 5.78 Å². The van der Waals surface area contributed by atoms with E-state index < -0.39 is 11.9 Å². The molecular formula is C17H29NO4. The first-order valence-corrected chi connectivity index (χ1v) is 8.08. The zero-order chi connectivity index (χ0) is 17.0. The van der Waals surface area contributed by atoms with Gasteiger partial charge in [0.05, 0.1) is 5.92 Å². The van der Waals surface area contributed by atoms with Gasteiger partial charge >= 0.3 is 5.97 Å². The number of carboxylic acid groups (broad SMARTS) is 1. The van der Waals surface area contributed by atoms with Gasteiger partial charge < -0.3 is 10.8 Å². The van der Waals surface area contributed by atoms with Crippen LogP contribution in [0.5, 0.6) is 0 Å². The number of ketones is 1. The number of nitrogens with two attached hydrogens (primary N) is 1. The average molecular weight is 311 g/mol. The quantitative estimate of drug-likeness (QED) is 0.403. The van der Waals surface area contributed by atoms with E-state index in [0.717, 1.165) is 51.4 Å². The SMILES string of the molecule is CC(=CC(=O)CCCCCCCCCC(C)C(=O)O)C(N)=O. The van der Waals surface area contributed by atoms with E-state index in [1.165, 1.54) is 6.08 Å². The van der Waals surface area contributed by atoms with Crippen molar-refractivity contribution in [2.45, 2.75) is 71.6 Å². The van der Waals surface area contributed by atoms with Crippen molar-refractivity contribution in [2.75, 3.05) is 0 Å². The van der Waals surface area contributed by atoms with Gasteiger partial charge in [-0.05, 0) is 25.8 Å². The molecule has 0 aromatic rings. The maximum atomic E-state index is 11.5. The molecule has 0 saturated heterocycles. The second-order valence-corrected chi connectivity index (χ2v) is 5.91. The smallest absolute Gasteiger partial charge is 0.306 e. The lowest BCUT2D eigenvalue weighted by atomic mass is 10.0. The van der Waals surface area contributed by atoms with E-state index in [1.807, 2.05) is 0 Å². The van der Waals surface area contributed by atoms with Crippen LogP contribution in [-0.4, -0.2) is 22.8 Å². The van der Waals surface area contributed by atoms with Gasteiger partial charge in [0, 0.05) is 12.0 Å². The summed E-state index contributed by atoms with van der Waals surface area (Å²) in [4.78, 5) is 32.9. The molecule has 1 amide bonds. The minimum absolute atomic E-state index is 0.0426. The Kier molecular flexibility index (Phi) is 11.1. The second kappa shape index (κ2) is 12.0. The summed E-state index contributed by atoms with van der Waals surface area (Å²) < 4.78 is 0. The van der Waals surface area contributed by atoms with Crippen molar-refractivity contribution >= 4 is 17.7 Å². The molecule has 1 unspecified atom stereocenters. The molecule has 0 bridgehead atoms. The van der Waals surface area contributed by atoms with E-state index >= 15 is 0 Å². The highest BCUT2D eigenvalue weighted by atomic mass is 16.4. The number of carbonyl (C=O) groups is 3. The summed E-state index contributed by atoms with van der Waals surface area (Å²) in [6.45, 7) is 3.29. The Bertz CT molecular complexity index is 401. The predicted molar refractivity (Wildman–Crippen MR) is 86.3 cm³/mol. The number of carbonyl (C=O) groups excluding carboxylic acids is 2. The number of hydrogen-bond acceptors (Lipinski definition) is 3. The number of aliphatic carboxylic acids is 1. The van der Waals surface area contributed by atoms with E-state index in [-0.39, 0.29) is 11.7 Å². The monoisotopic (exact) mass is 311 g/mol. The van der Waals surface area contributed by atoms with Gasteiger partial charge in [0.2, 0.25) is 5.91 Å². The lowest BCUT2D eigenvalue weighted by Crippen LogP contribution is -2.12. The predicted octanol–water partition coefficient (Wildman–Crippen LogP) is 3.22. The lowest BCUT2D eigenvalue weighted by Gasteiger charge is -2.05. The summed E-state index contributed by atoms with van der Waals surface area (Å²) in [5, 5.41) is 8.75. The van der Waals surface area contributed by atoms with Crippen LogP contribution in [0.4, 0.5) is 0 Å². The number of unbranched alkanes of at least 4 members (excludes halogenated alkanes) is 6. The van der Waals surface area contributed by atoms with Crippen molar-refractivity contribution in [1.82, 2.24) is 0 Å². The largest absolute Gasteiger partial charge is 0.481 e. The van der Waals surface area contributed by atoms with E-state index in [9.17, 15) is 14.4 Å². The van der Waals surface area contributed by atoms with Gasteiger partial charge in [-0.15, -0.1) is 0 Å². The van der Waals surface area contributed by atoms with Crippen molar-refractivity contribution in [3.8, 4) is 0 Å². The van der Waals surface area contributed by atoms with Crippen LogP contribution in [0.1, 0.15) is 71.6 Å². The summed E-state index contributed by atoms with van der Waals surface area (Å²) >= 11 is 0. The third-order valence-electron chi connectivity index (χ3n) is 3.75. The Morgan fingerprint density at radius 3 is 2.00 bits per heavy atom. The van der Waals surface area contributed by atoms with Crippen LogP contribution in [0.25, 0.3) is 0 Å². The normalized spacial score (nSPS) is 12.9. The second-order valence-electron chi connectivity index (χ2n) is 5.91. The fourth-order valence-electron chi connectivity index (χ4n) is 2.14. The molecule has 22 heavy (non-hydrogen) atoms. The summed E-state index contributed by atoms with van der Waals surface area (Å²) in [6.07, 6.45) is 9.70. The van der Waals surface area contributed by atoms with Crippen LogP contribution < -0.4 is 5.73 Å². The fraction of sp³-hybridized carbons (Fsp3) is 0.706. The van der Waals surface area contributed by atoms with Gasteiger partial charge in [0.1, 0.15) is 0 Å². The highest BCUT2D eigenvalue weighted by Crippen LogP contribution is 2.13. The van der Waals surface area contributed by atoms with Crippen LogP contribution in [0.2, 0.25) is 0 Å². The van der Waals surface area contributed by atoms with E-state index in [1.54, 1.807) is 13.8 Å². The molecule has 1 atom stereocenters. The summed E-state index contributed by atoms with van der Waals surface area (Å²) in [6, 6.07) is 0. The first kappa shape index (κ1) is 20.3. The van der Waals surface area contributed by atoms with Gasteiger partial charge in [-0.1, -0.05) is 45.4 Å². The molecule has 0 radical (unpaired) electrons. The van der Waals surface area contributed by atoms with Gasteiger partial charge in [-0.3, -0.25) is 14.4 Å². The molecule has 5 heteroatoms. The number of amides is 1. The molecule has 0 aliphatic rings. The highest BCUT2D eigenvalue weighted by molar-refractivity contribution is 6.00. The third-order valence-corrected chi connectivity index (χ3v) is 3.75. The van der Waals surface area contributed by atoms with E-state index in [2.05, 4.69) is 0 Å². The van der Waals surface area contributed by atoms with Crippen LogP contribution in [0.15, 0.2) is 11.6 Å². The molecular weight excluding hydrogens is 282 g/mol. The number of carboxylic acids is 1. The van der Waals surface area contributed by atoms with Gasteiger partial charge in [0.25, 0.3) is 0 Å². The Balaban J connectivity index is 3.48. The maximum absolute atomic E-state index is 11.5. The number of allylic oxidation sites excluding steroid dienone is 1. The van der Waals surface area contributed by atoms with E-state index in [4.69, 9.17) is 10.8 Å². The molecule has 0 spiro atoms. The highest BCUT2D eigenvalue weighted by Gasteiger charge is 2.09. The Hall–Kier alpha value is -1.65. The molecule has 0 aliphatic heterocycles. The minimum Gasteiger partial charge on any atom is -0.481 e. The standard InChI is InChI=1S/C17H29NO4/c1-13(17(21)22)10-8-6-4-3-5-7-9-11-15(19)12-14(2)16(18)20/h12-13H,3-11H2,1-2H3,(H2,18,20)(H,21,22). The summed E-state index contributed by atoms with van der Waals surface area (Å²) in [5.41, 5.74) is 5.37. The van der Waals surface area contributed by atoms with Crippen molar-refractivity contribution in [2.24, 2.45) is 11.7 Å². The minimum atomic E-state index is -0.717. The first-order chi connectivity index (χ1) is 10.3. The molecule has 0 aromatic heterocycles. The molecule has 0 saturated carbocycles. The van der Waals surface area contributed by atoms with E-state index in [0.29, 0.717) is 12.0 Å². The topological polar surface area (TPSA) is 97.5 Å².